The van der Waals surface area contributed by atoms with Crippen molar-refractivity contribution in [3.8, 4) is 16.9 Å². The summed E-state index contributed by atoms with van der Waals surface area (Å²) >= 11 is 0. The molecule has 1 saturated heterocycles. The van der Waals surface area contributed by atoms with Gasteiger partial charge in [0, 0.05) is 12.6 Å². The molecule has 0 radical (unpaired) electrons. The van der Waals surface area contributed by atoms with Gasteiger partial charge >= 0.3 is 6.09 Å². The highest BCUT2D eigenvalue weighted by Gasteiger charge is 2.32. The van der Waals surface area contributed by atoms with Crippen LogP contribution in [0.25, 0.3) is 11.1 Å². The van der Waals surface area contributed by atoms with Crippen LogP contribution in [0.3, 0.4) is 0 Å². The van der Waals surface area contributed by atoms with Crippen LogP contribution in [0, 0.1) is 5.41 Å². The molecule has 2 aliphatic rings. The summed E-state index contributed by atoms with van der Waals surface area (Å²) in [7, 11) is -3.22. The first-order chi connectivity index (χ1) is 16.1. The van der Waals surface area contributed by atoms with E-state index in [2.05, 4.69) is 13.8 Å². The van der Waals surface area contributed by atoms with E-state index in [1.165, 1.54) is 9.21 Å². The number of carboxylic acid groups (broad SMARTS) is 1. The molecule has 1 N–H and O–H groups in total. The van der Waals surface area contributed by atoms with Crippen molar-refractivity contribution in [1.29, 1.82) is 0 Å². The molecule has 2 aromatic rings. The summed E-state index contributed by atoms with van der Waals surface area (Å²) in [5, 5.41) is 9.68. The second-order valence-electron chi connectivity index (χ2n) is 10.0. The van der Waals surface area contributed by atoms with Gasteiger partial charge in [0.1, 0.15) is 12.4 Å². The minimum atomic E-state index is -3.22. The molecule has 184 valence electrons. The van der Waals surface area contributed by atoms with Crippen LogP contribution >= 0.6 is 0 Å². The largest absolute Gasteiger partial charge is 0.492 e. The molecule has 2 aromatic carbocycles. The summed E-state index contributed by atoms with van der Waals surface area (Å²) in [6.07, 6.45) is 3.63. The van der Waals surface area contributed by atoms with E-state index < -0.39 is 16.1 Å². The predicted molar refractivity (Wildman–Crippen MR) is 134 cm³/mol. The zero-order valence-electron chi connectivity index (χ0n) is 19.9. The molecule has 0 aromatic heterocycles. The lowest BCUT2D eigenvalue weighted by Gasteiger charge is -2.38. The van der Waals surface area contributed by atoms with Crippen LogP contribution in [0.2, 0.25) is 0 Å². The fourth-order valence-electron chi connectivity index (χ4n) is 4.91. The maximum atomic E-state index is 12.2. The second-order valence-corrected chi connectivity index (χ2v) is 12.0. The van der Waals surface area contributed by atoms with Crippen LogP contribution in [0.15, 0.2) is 48.5 Å². The number of rotatable bonds is 7. The molecular formula is C26H34N2O5S. The third kappa shape index (κ3) is 5.66. The van der Waals surface area contributed by atoms with E-state index in [4.69, 9.17) is 4.74 Å². The molecular weight excluding hydrogens is 452 g/mol. The molecule has 1 amide bonds. The van der Waals surface area contributed by atoms with Crippen LogP contribution in [0.1, 0.15) is 46.0 Å². The number of amides is 1. The number of sulfonamides is 1. The number of benzene rings is 2. The molecule has 0 spiro atoms. The molecule has 7 nitrogen and oxygen atoms in total. The van der Waals surface area contributed by atoms with Gasteiger partial charge in [0.2, 0.25) is 10.0 Å². The topological polar surface area (TPSA) is 87.2 Å². The van der Waals surface area contributed by atoms with Gasteiger partial charge in [-0.15, -0.1) is 0 Å². The molecule has 8 heteroatoms. The van der Waals surface area contributed by atoms with Crippen molar-refractivity contribution in [3.63, 3.8) is 0 Å². The standard InChI is InChI=1S/C26H34N2O5S/c1-26(2)13-11-22(12-14-26)27(25(29)30)16-17-33-24-9-7-20(8-10-24)21-5-3-6-23(19-21)28-15-4-18-34(28,31)32/h3,5-10,19,22H,4,11-18H2,1-2H3,(H,29,30). The molecule has 1 aliphatic heterocycles. The molecule has 0 atom stereocenters. The van der Waals surface area contributed by atoms with Crippen molar-refractivity contribution in [1.82, 2.24) is 4.90 Å². The van der Waals surface area contributed by atoms with Gasteiger partial charge in [-0.2, -0.15) is 0 Å². The van der Waals surface area contributed by atoms with Gasteiger partial charge < -0.3 is 14.7 Å². The molecule has 1 heterocycles. The Kier molecular flexibility index (Phi) is 7.07. The first kappa shape index (κ1) is 24.4. The first-order valence-corrected chi connectivity index (χ1v) is 13.6. The smallest absolute Gasteiger partial charge is 0.407 e. The number of ether oxygens (including phenoxy) is 1. The highest BCUT2D eigenvalue weighted by Crippen LogP contribution is 2.37. The van der Waals surface area contributed by atoms with Gasteiger partial charge in [-0.1, -0.05) is 38.1 Å². The quantitative estimate of drug-likeness (QED) is 0.580. The molecule has 1 saturated carbocycles. The van der Waals surface area contributed by atoms with Crippen LogP contribution in [-0.2, 0) is 10.0 Å². The molecule has 0 unspecified atom stereocenters. The Labute approximate surface area is 202 Å². The molecule has 1 aliphatic carbocycles. The summed E-state index contributed by atoms with van der Waals surface area (Å²) in [4.78, 5) is 13.3. The van der Waals surface area contributed by atoms with Crippen molar-refractivity contribution >= 4 is 21.8 Å². The van der Waals surface area contributed by atoms with Crippen molar-refractivity contribution in [2.75, 3.05) is 29.8 Å². The number of hydrogen-bond donors (Lipinski definition) is 1. The van der Waals surface area contributed by atoms with E-state index in [0.29, 0.717) is 43.0 Å². The van der Waals surface area contributed by atoms with Crippen molar-refractivity contribution < 1.29 is 23.1 Å². The zero-order valence-corrected chi connectivity index (χ0v) is 20.8. The summed E-state index contributed by atoms with van der Waals surface area (Å²) in [5.74, 6) is 0.874. The average Bonchev–Trinajstić information content (AvgIpc) is 3.16. The third-order valence-electron chi connectivity index (χ3n) is 7.02. The highest BCUT2D eigenvalue weighted by molar-refractivity contribution is 7.93. The minimum absolute atomic E-state index is 0.0585. The number of nitrogens with zero attached hydrogens (tertiary/aromatic N) is 2. The van der Waals surface area contributed by atoms with Gasteiger partial charge in [-0.05, 0) is 72.9 Å². The van der Waals surface area contributed by atoms with Gasteiger partial charge in [0.25, 0.3) is 0 Å². The monoisotopic (exact) mass is 486 g/mol. The van der Waals surface area contributed by atoms with Crippen molar-refractivity contribution in [2.45, 2.75) is 52.0 Å². The van der Waals surface area contributed by atoms with E-state index >= 15 is 0 Å². The van der Waals surface area contributed by atoms with Crippen LogP contribution in [-0.4, -0.2) is 56.0 Å². The summed E-state index contributed by atoms with van der Waals surface area (Å²) in [6, 6.07) is 15.2. The average molecular weight is 487 g/mol. The minimum Gasteiger partial charge on any atom is -0.492 e. The van der Waals surface area contributed by atoms with E-state index in [0.717, 1.165) is 36.8 Å². The Balaban J connectivity index is 1.35. The lowest BCUT2D eigenvalue weighted by atomic mass is 9.75. The van der Waals surface area contributed by atoms with E-state index in [1.807, 2.05) is 48.5 Å². The van der Waals surface area contributed by atoms with Crippen molar-refractivity contribution in [2.24, 2.45) is 5.41 Å². The van der Waals surface area contributed by atoms with Gasteiger partial charge in [-0.3, -0.25) is 4.31 Å². The Morgan fingerprint density at radius 2 is 1.82 bits per heavy atom. The number of hydrogen-bond acceptors (Lipinski definition) is 4. The Morgan fingerprint density at radius 3 is 2.44 bits per heavy atom. The van der Waals surface area contributed by atoms with E-state index in [9.17, 15) is 18.3 Å². The zero-order chi connectivity index (χ0) is 24.3. The van der Waals surface area contributed by atoms with Gasteiger partial charge in [0.05, 0.1) is 18.0 Å². The Morgan fingerprint density at radius 1 is 1.12 bits per heavy atom. The van der Waals surface area contributed by atoms with Gasteiger partial charge in [-0.25, -0.2) is 13.2 Å². The molecule has 2 fully saturated rings. The van der Waals surface area contributed by atoms with Gasteiger partial charge in [0.15, 0.2) is 0 Å². The van der Waals surface area contributed by atoms with Crippen LogP contribution < -0.4 is 9.04 Å². The molecule has 4 rings (SSSR count). The fraction of sp³-hybridized carbons (Fsp3) is 0.500. The van der Waals surface area contributed by atoms with E-state index in [1.54, 1.807) is 0 Å². The number of carbonyl (C=O) groups is 1. The van der Waals surface area contributed by atoms with E-state index in [-0.39, 0.29) is 11.8 Å². The summed E-state index contributed by atoms with van der Waals surface area (Å²) in [6.45, 7) is 5.64. The lowest BCUT2D eigenvalue weighted by molar-refractivity contribution is 0.0804. The van der Waals surface area contributed by atoms with Crippen molar-refractivity contribution in [3.05, 3.63) is 48.5 Å². The van der Waals surface area contributed by atoms with Crippen LogP contribution in [0.4, 0.5) is 10.5 Å². The fourth-order valence-corrected chi connectivity index (χ4v) is 6.46. The molecule has 0 bridgehead atoms. The van der Waals surface area contributed by atoms with Crippen LogP contribution in [0.5, 0.6) is 5.75 Å². The maximum absolute atomic E-state index is 12.2. The highest BCUT2D eigenvalue weighted by atomic mass is 32.2. The third-order valence-corrected chi connectivity index (χ3v) is 8.89. The Bertz CT molecular complexity index is 1100. The maximum Gasteiger partial charge on any atom is 0.407 e. The number of anilines is 1. The lowest BCUT2D eigenvalue weighted by Crippen LogP contribution is -2.44. The summed E-state index contributed by atoms with van der Waals surface area (Å²) in [5.41, 5.74) is 2.88. The SMILES string of the molecule is CC1(C)CCC(N(CCOc2ccc(-c3cccc(N4CCCS4(=O)=O)c3)cc2)C(=O)O)CC1. The first-order valence-electron chi connectivity index (χ1n) is 12.0. The predicted octanol–water partition coefficient (Wildman–Crippen LogP) is 5.22. The summed E-state index contributed by atoms with van der Waals surface area (Å²) < 4.78 is 31.8. The molecule has 34 heavy (non-hydrogen) atoms. The second kappa shape index (κ2) is 9.86. The Hall–Kier alpha value is -2.74. The normalized spacial score (nSPS) is 19.6.